The van der Waals surface area contributed by atoms with Gasteiger partial charge in [-0.2, -0.15) is 5.10 Å². The number of nitrogens with zero attached hydrogens (tertiary/aromatic N) is 2. The van der Waals surface area contributed by atoms with Crippen LogP contribution in [0, 0.1) is 5.92 Å². The molecule has 0 aromatic carbocycles. The molecule has 0 bridgehead atoms. The number of carbonyl (C=O) groups is 2. The van der Waals surface area contributed by atoms with Crippen LogP contribution in [0.5, 0.6) is 0 Å². The predicted molar refractivity (Wildman–Crippen MR) is 61.7 cm³/mol. The normalized spacial score (nSPS) is 10.5. The summed E-state index contributed by atoms with van der Waals surface area (Å²) < 4.78 is 1.32. The van der Waals surface area contributed by atoms with Crippen molar-refractivity contribution in [3.63, 3.8) is 0 Å². The van der Waals surface area contributed by atoms with Crippen LogP contribution in [0.2, 0.25) is 0 Å². The first-order chi connectivity index (χ1) is 8.00. The minimum atomic E-state index is -1.04. The standard InChI is InChI=1S/C11H17N3O3/c1-8(2)7-12-10(15)4-6-14-9(11(16)17)3-5-13-14/h3,5,8H,4,6-7H2,1-2H3,(H,12,15)(H,16,17). The topological polar surface area (TPSA) is 84.2 Å². The minimum Gasteiger partial charge on any atom is -0.477 e. The van der Waals surface area contributed by atoms with Crippen LogP contribution in [-0.2, 0) is 11.3 Å². The van der Waals surface area contributed by atoms with Crippen molar-refractivity contribution in [3.8, 4) is 0 Å². The van der Waals surface area contributed by atoms with Gasteiger partial charge >= 0.3 is 5.97 Å². The van der Waals surface area contributed by atoms with Gasteiger partial charge < -0.3 is 10.4 Å². The van der Waals surface area contributed by atoms with E-state index in [4.69, 9.17) is 5.11 Å². The maximum Gasteiger partial charge on any atom is 0.354 e. The lowest BCUT2D eigenvalue weighted by molar-refractivity contribution is -0.121. The number of carbonyl (C=O) groups excluding carboxylic acids is 1. The van der Waals surface area contributed by atoms with Gasteiger partial charge in [0.1, 0.15) is 5.69 Å². The molecule has 94 valence electrons. The molecule has 0 aliphatic carbocycles. The van der Waals surface area contributed by atoms with Crippen molar-refractivity contribution < 1.29 is 14.7 Å². The Morgan fingerprint density at radius 2 is 2.24 bits per heavy atom. The Hall–Kier alpha value is -1.85. The SMILES string of the molecule is CC(C)CNC(=O)CCn1nccc1C(=O)O. The zero-order chi connectivity index (χ0) is 12.8. The van der Waals surface area contributed by atoms with E-state index >= 15 is 0 Å². The second-order valence-electron chi connectivity index (χ2n) is 4.19. The summed E-state index contributed by atoms with van der Waals surface area (Å²) in [5.74, 6) is -0.728. The third-order valence-corrected chi connectivity index (χ3v) is 2.19. The van der Waals surface area contributed by atoms with E-state index in [1.807, 2.05) is 13.8 Å². The van der Waals surface area contributed by atoms with Gasteiger partial charge in [0, 0.05) is 19.2 Å². The molecule has 0 unspecified atom stereocenters. The first kappa shape index (κ1) is 13.2. The van der Waals surface area contributed by atoms with E-state index in [0.717, 1.165) is 0 Å². The molecule has 2 N–H and O–H groups in total. The molecule has 1 aromatic rings. The Morgan fingerprint density at radius 1 is 1.53 bits per heavy atom. The van der Waals surface area contributed by atoms with E-state index in [1.54, 1.807) is 0 Å². The van der Waals surface area contributed by atoms with Crippen LogP contribution in [0.25, 0.3) is 0 Å². The smallest absolute Gasteiger partial charge is 0.354 e. The number of hydrogen-bond donors (Lipinski definition) is 2. The highest BCUT2D eigenvalue weighted by molar-refractivity contribution is 5.85. The lowest BCUT2D eigenvalue weighted by Crippen LogP contribution is -2.28. The second-order valence-corrected chi connectivity index (χ2v) is 4.19. The van der Waals surface area contributed by atoms with Crippen LogP contribution in [0.15, 0.2) is 12.3 Å². The number of carboxylic acids is 1. The number of aromatic carboxylic acids is 1. The number of rotatable bonds is 6. The van der Waals surface area contributed by atoms with Crippen molar-refractivity contribution >= 4 is 11.9 Å². The van der Waals surface area contributed by atoms with E-state index in [2.05, 4.69) is 10.4 Å². The number of aromatic nitrogens is 2. The van der Waals surface area contributed by atoms with Crippen molar-refractivity contribution in [1.29, 1.82) is 0 Å². The number of nitrogens with one attached hydrogen (secondary N) is 1. The summed E-state index contributed by atoms with van der Waals surface area (Å²) in [7, 11) is 0. The highest BCUT2D eigenvalue weighted by atomic mass is 16.4. The lowest BCUT2D eigenvalue weighted by atomic mass is 10.2. The van der Waals surface area contributed by atoms with Crippen LogP contribution >= 0.6 is 0 Å². The van der Waals surface area contributed by atoms with Gasteiger partial charge in [0.2, 0.25) is 5.91 Å². The fourth-order valence-corrected chi connectivity index (χ4v) is 1.31. The lowest BCUT2D eigenvalue weighted by Gasteiger charge is -2.08. The van der Waals surface area contributed by atoms with Crippen molar-refractivity contribution in [2.75, 3.05) is 6.54 Å². The van der Waals surface area contributed by atoms with E-state index in [0.29, 0.717) is 12.5 Å². The van der Waals surface area contributed by atoms with Gasteiger partial charge in [-0.25, -0.2) is 4.79 Å². The monoisotopic (exact) mass is 239 g/mol. The van der Waals surface area contributed by atoms with Crippen LogP contribution in [0.4, 0.5) is 0 Å². The third kappa shape index (κ3) is 4.26. The van der Waals surface area contributed by atoms with Crippen molar-refractivity contribution in [1.82, 2.24) is 15.1 Å². The Bertz CT molecular complexity index is 398. The summed E-state index contributed by atoms with van der Waals surface area (Å²) in [4.78, 5) is 22.2. The first-order valence-electron chi connectivity index (χ1n) is 5.52. The molecule has 1 amide bonds. The molecule has 0 atom stereocenters. The van der Waals surface area contributed by atoms with Gasteiger partial charge in [0.05, 0.1) is 6.54 Å². The third-order valence-electron chi connectivity index (χ3n) is 2.19. The highest BCUT2D eigenvalue weighted by Gasteiger charge is 2.11. The molecule has 0 spiro atoms. The van der Waals surface area contributed by atoms with Gasteiger partial charge in [-0.1, -0.05) is 13.8 Å². The average Bonchev–Trinajstić information content (AvgIpc) is 2.71. The molecule has 0 radical (unpaired) electrons. The Labute approximate surface area is 99.6 Å². The van der Waals surface area contributed by atoms with E-state index < -0.39 is 5.97 Å². The first-order valence-corrected chi connectivity index (χ1v) is 5.52. The molecular weight excluding hydrogens is 222 g/mol. The van der Waals surface area contributed by atoms with Crippen LogP contribution in [0.1, 0.15) is 30.8 Å². The molecule has 1 heterocycles. The molecule has 6 nitrogen and oxygen atoms in total. The Balaban J connectivity index is 2.42. The van der Waals surface area contributed by atoms with Crippen LogP contribution in [-0.4, -0.2) is 33.3 Å². The predicted octanol–water partition coefficient (Wildman–Crippen LogP) is 0.744. The fraction of sp³-hybridized carbons (Fsp3) is 0.545. The molecule has 17 heavy (non-hydrogen) atoms. The molecule has 0 aliphatic heterocycles. The summed E-state index contributed by atoms with van der Waals surface area (Å²) in [6.45, 7) is 4.93. The van der Waals surface area contributed by atoms with Gasteiger partial charge in [0.25, 0.3) is 0 Å². The zero-order valence-electron chi connectivity index (χ0n) is 10.0. The molecule has 1 aromatic heterocycles. The summed E-state index contributed by atoms with van der Waals surface area (Å²) in [5.41, 5.74) is 0.0988. The second kappa shape index (κ2) is 6.03. The van der Waals surface area contributed by atoms with Gasteiger partial charge in [-0.05, 0) is 12.0 Å². The maximum absolute atomic E-state index is 11.4. The fourth-order valence-electron chi connectivity index (χ4n) is 1.31. The molecular formula is C11H17N3O3. The molecule has 6 heteroatoms. The average molecular weight is 239 g/mol. The van der Waals surface area contributed by atoms with E-state index in [9.17, 15) is 9.59 Å². The summed E-state index contributed by atoms with van der Waals surface area (Å²) >= 11 is 0. The highest BCUT2D eigenvalue weighted by Crippen LogP contribution is 2.00. The zero-order valence-corrected chi connectivity index (χ0v) is 10.0. The van der Waals surface area contributed by atoms with Gasteiger partial charge in [-0.3, -0.25) is 9.48 Å². The van der Waals surface area contributed by atoms with Crippen molar-refractivity contribution in [2.24, 2.45) is 5.92 Å². The number of carboxylic acid groups (broad SMARTS) is 1. The van der Waals surface area contributed by atoms with Crippen molar-refractivity contribution in [2.45, 2.75) is 26.8 Å². The minimum absolute atomic E-state index is 0.0921. The summed E-state index contributed by atoms with van der Waals surface area (Å²) in [6.07, 6.45) is 1.64. The van der Waals surface area contributed by atoms with Crippen LogP contribution < -0.4 is 5.32 Å². The van der Waals surface area contributed by atoms with Gasteiger partial charge in [0.15, 0.2) is 0 Å². The van der Waals surface area contributed by atoms with Crippen LogP contribution in [0.3, 0.4) is 0 Å². The summed E-state index contributed by atoms with van der Waals surface area (Å²) in [6, 6.07) is 1.41. The van der Waals surface area contributed by atoms with Crippen molar-refractivity contribution in [3.05, 3.63) is 18.0 Å². The number of amides is 1. The molecule has 0 saturated heterocycles. The number of hydrogen-bond acceptors (Lipinski definition) is 3. The molecule has 0 saturated carbocycles. The van der Waals surface area contributed by atoms with Gasteiger partial charge in [-0.15, -0.1) is 0 Å². The Kier molecular flexibility index (Phi) is 4.68. The largest absolute Gasteiger partial charge is 0.477 e. The van der Waals surface area contributed by atoms with E-state index in [1.165, 1.54) is 16.9 Å². The van der Waals surface area contributed by atoms with E-state index in [-0.39, 0.29) is 24.6 Å². The maximum atomic E-state index is 11.4. The Morgan fingerprint density at radius 3 is 2.82 bits per heavy atom. The molecule has 0 fully saturated rings. The quantitative estimate of drug-likeness (QED) is 0.767. The molecule has 0 aliphatic rings. The molecule has 1 rings (SSSR count). The number of aryl methyl sites for hydroxylation is 1. The summed E-state index contributed by atoms with van der Waals surface area (Å²) in [5, 5.41) is 15.5.